The highest BCUT2D eigenvalue weighted by Crippen LogP contribution is 2.31. The first-order chi connectivity index (χ1) is 33.8. The Morgan fingerprint density at radius 2 is 1.09 bits per heavy atom. The highest BCUT2D eigenvalue weighted by atomic mass is 35.5. The van der Waals surface area contributed by atoms with Crippen LogP contribution >= 0.6 is 23.2 Å². The van der Waals surface area contributed by atoms with E-state index < -0.39 is 5.97 Å². The van der Waals surface area contributed by atoms with Gasteiger partial charge in [-0.2, -0.15) is 0 Å². The summed E-state index contributed by atoms with van der Waals surface area (Å²) in [5.41, 5.74) is 11.9. The maximum Gasteiger partial charge on any atom is 0.356 e. The van der Waals surface area contributed by atoms with Crippen molar-refractivity contribution in [2.75, 3.05) is 88.1 Å². The topological polar surface area (TPSA) is 171 Å². The summed E-state index contributed by atoms with van der Waals surface area (Å²) >= 11 is 11.9. The van der Waals surface area contributed by atoms with Gasteiger partial charge in [-0.25, -0.2) is 14.8 Å². The van der Waals surface area contributed by atoms with Gasteiger partial charge in [0.2, 0.25) is 0 Å². The molecule has 0 bridgehead atoms. The van der Waals surface area contributed by atoms with Crippen molar-refractivity contribution < 1.29 is 23.5 Å². The van der Waals surface area contributed by atoms with Crippen LogP contribution in [0.3, 0.4) is 0 Å². The lowest BCUT2D eigenvalue weighted by atomic mass is 9.97. The number of hydrogen-bond donors (Lipinski definition) is 1. The van der Waals surface area contributed by atoms with E-state index in [0.29, 0.717) is 62.6 Å². The summed E-state index contributed by atoms with van der Waals surface area (Å²) in [5, 5.41) is 8.95. The Bertz CT molecular complexity index is 2580. The molecule has 2 atom stereocenters. The second kappa shape index (κ2) is 23.0. The molecule has 2 N–H and O–H groups in total. The van der Waals surface area contributed by atoms with Crippen LogP contribution in [0.1, 0.15) is 95.0 Å². The van der Waals surface area contributed by atoms with Crippen LogP contribution in [-0.4, -0.2) is 154 Å². The lowest BCUT2D eigenvalue weighted by Gasteiger charge is -2.48. The number of amides is 2. The molecule has 4 aliphatic heterocycles. The van der Waals surface area contributed by atoms with Gasteiger partial charge in [0.25, 0.3) is 17.7 Å². The third kappa shape index (κ3) is 11.7. The molecule has 7 heterocycles. The van der Waals surface area contributed by atoms with Crippen molar-refractivity contribution in [1.29, 1.82) is 0 Å². The Kier molecular flexibility index (Phi) is 16.6. The number of nitrogens with two attached hydrogens (primary N) is 1. The van der Waals surface area contributed by atoms with E-state index in [9.17, 15) is 14.4 Å². The second-order valence-corrected chi connectivity index (χ2v) is 19.5. The van der Waals surface area contributed by atoms with E-state index in [1.165, 1.54) is 7.11 Å². The first-order valence-corrected chi connectivity index (χ1v) is 25.3. The van der Waals surface area contributed by atoms with Gasteiger partial charge in [0, 0.05) is 111 Å². The number of benzene rings is 2. The van der Waals surface area contributed by atoms with Crippen LogP contribution in [0.15, 0.2) is 77.2 Å². The summed E-state index contributed by atoms with van der Waals surface area (Å²) in [6.45, 7) is 17.3. The van der Waals surface area contributed by atoms with Gasteiger partial charge >= 0.3 is 12.0 Å². The number of anilines is 3. The molecule has 4 saturated heterocycles. The van der Waals surface area contributed by atoms with Crippen molar-refractivity contribution in [1.82, 2.24) is 39.8 Å². The summed E-state index contributed by atoms with van der Waals surface area (Å²) in [6, 6.07) is 24.0. The minimum atomic E-state index is -0.410. The Balaban J connectivity index is 0.000000189. The van der Waals surface area contributed by atoms with Crippen molar-refractivity contribution >= 4 is 58.4 Å². The molecule has 18 heteroatoms. The fourth-order valence-corrected chi connectivity index (χ4v) is 10.9. The van der Waals surface area contributed by atoms with Gasteiger partial charge in [-0.3, -0.25) is 19.4 Å². The number of aromatic nitrogens is 4. The summed E-state index contributed by atoms with van der Waals surface area (Å²) in [7, 11) is 1.37. The highest BCUT2D eigenvalue weighted by molar-refractivity contribution is 6.31. The second-order valence-electron chi connectivity index (χ2n) is 18.6. The zero-order valence-corrected chi connectivity index (χ0v) is 42.4. The number of ether oxygens (including phenoxy) is 1. The fraction of sp³-hybridized carbons (Fsp3) is 0.481. The molecule has 0 unspecified atom stereocenters. The summed E-state index contributed by atoms with van der Waals surface area (Å²) < 4.78 is 10.1. The predicted octanol–water partition coefficient (Wildman–Crippen LogP) is 7.92. The minimum Gasteiger partial charge on any atom is -0.464 e. The highest BCUT2D eigenvalue weighted by Gasteiger charge is 2.36. The molecule has 3 aromatic heterocycles. The van der Waals surface area contributed by atoms with Crippen molar-refractivity contribution in [3.63, 3.8) is 0 Å². The molecule has 16 nitrogen and oxygen atoms in total. The third-order valence-corrected chi connectivity index (χ3v) is 15.0. The maximum absolute atomic E-state index is 12.9. The van der Waals surface area contributed by atoms with Crippen LogP contribution in [0.5, 0.6) is 0 Å². The number of piperidine rings is 2. The van der Waals surface area contributed by atoms with E-state index in [2.05, 4.69) is 54.7 Å². The first kappa shape index (κ1) is 50.6. The molecular formula is C52H65Cl2N11O5. The standard InChI is InChI=1S/C26H32ClN7O2.C26H33ClN4O3/c1-3-20-16-33(23-9-8-22(29-17(23)2)24-30-31-26(28)36-24)14-15-34(20)21-10-12-32(13-11-21)25(35)18-4-6-19(27)7-5-18;1-4-21-17-30(24-10-9-23(26(33)34-3)28-18(24)2)15-16-31(21)22-11-13-29(14-12-22)25(32)19-5-7-20(27)8-6-19/h4-9,20-21H,3,10-16H2,1-2H3,(H2,28,31);5-10,21-22H,4,11-17H2,1-3H3/t20-;21-/m00/s1. The number of rotatable bonds is 10. The summed E-state index contributed by atoms with van der Waals surface area (Å²) in [4.78, 5) is 60.8. The number of methoxy groups -OCH3 is 1. The normalized spacial score (nSPS) is 19.7. The number of aryl methyl sites for hydroxylation is 2. The molecule has 0 aliphatic carbocycles. The number of hydrogen-bond acceptors (Lipinski definition) is 14. The number of halogens is 2. The molecular weight excluding hydrogens is 930 g/mol. The number of carbonyl (C=O) groups excluding carboxylic acids is 3. The Morgan fingerprint density at radius 1 is 0.629 bits per heavy atom. The maximum atomic E-state index is 12.9. The largest absolute Gasteiger partial charge is 0.464 e. The Labute approximate surface area is 421 Å². The average Bonchev–Trinajstić information content (AvgIpc) is 3.84. The van der Waals surface area contributed by atoms with Crippen molar-refractivity contribution in [2.24, 2.45) is 0 Å². The molecule has 4 aliphatic rings. The summed E-state index contributed by atoms with van der Waals surface area (Å²) in [6.07, 6.45) is 6.12. The third-order valence-electron chi connectivity index (χ3n) is 14.5. The van der Waals surface area contributed by atoms with Crippen LogP contribution in [0, 0.1) is 13.8 Å². The molecule has 70 heavy (non-hydrogen) atoms. The van der Waals surface area contributed by atoms with Gasteiger partial charge < -0.3 is 34.5 Å². The zero-order chi connectivity index (χ0) is 49.5. The predicted molar refractivity (Wildman–Crippen MR) is 274 cm³/mol. The van der Waals surface area contributed by atoms with E-state index >= 15 is 0 Å². The number of nitrogen functional groups attached to an aromatic ring is 1. The van der Waals surface area contributed by atoms with Crippen molar-refractivity contribution in [3.05, 3.63) is 111 Å². The van der Waals surface area contributed by atoms with Crippen molar-refractivity contribution in [2.45, 2.75) is 90.4 Å². The molecule has 0 radical (unpaired) electrons. The summed E-state index contributed by atoms with van der Waals surface area (Å²) in [5.74, 6) is 0.105. The van der Waals surface area contributed by atoms with Gasteiger partial charge in [-0.15, -0.1) is 5.10 Å². The monoisotopic (exact) mass is 993 g/mol. The lowest BCUT2D eigenvalue weighted by Crippen LogP contribution is -2.58. The van der Waals surface area contributed by atoms with Crippen LogP contribution in [0.2, 0.25) is 10.0 Å². The van der Waals surface area contributed by atoms with E-state index in [4.69, 9.17) is 43.1 Å². The van der Waals surface area contributed by atoms with Gasteiger partial charge in [0.15, 0.2) is 0 Å². The SMILES string of the molecule is CC[C@H]1CN(c2ccc(-c3nnc(N)o3)nc2C)CCN1C1CCN(C(=O)c2ccc(Cl)cc2)CC1.CC[C@H]1CN(c2ccc(C(=O)OC)nc2C)CCN1C1CCN(C(=O)c2ccc(Cl)cc2)CC1. The van der Waals surface area contributed by atoms with Crippen LogP contribution in [0.25, 0.3) is 11.6 Å². The van der Waals surface area contributed by atoms with Gasteiger partial charge in [-0.05, 0) is 125 Å². The Hall–Kier alpha value is -5.81. The van der Waals surface area contributed by atoms with Crippen LogP contribution in [0.4, 0.5) is 17.4 Å². The molecule has 4 fully saturated rings. The van der Waals surface area contributed by atoms with Gasteiger partial charge in [0.1, 0.15) is 11.4 Å². The molecule has 5 aromatic rings. The molecule has 9 rings (SSSR count). The fourth-order valence-electron chi connectivity index (χ4n) is 10.7. The minimum absolute atomic E-state index is 0.0376. The van der Waals surface area contributed by atoms with E-state index in [-0.39, 0.29) is 17.8 Å². The molecule has 0 saturated carbocycles. The molecule has 0 spiro atoms. The molecule has 2 amide bonds. The number of esters is 1. The van der Waals surface area contributed by atoms with E-state index in [1.807, 2.05) is 47.9 Å². The Morgan fingerprint density at radius 3 is 1.49 bits per heavy atom. The number of pyridine rings is 2. The number of carbonyl (C=O) groups is 3. The van der Waals surface area contributed by atoms with Gasteiger partial charge in [-0.1, -0.05) is 42.1 Å². The zero-order valence-electron chi connectivity index (χ0n) is 40.9. The quantitative estimate of drug-likeness (QED) is 0.134. The van der Waals surface area contributed by atoms with Gasteiger partial charge in [0.05, 0.1) is 29.9 Å². The smallest absolute Gasteiger partial charge is 0.356 e. The number of piperazine rings is 2. The number of nitrogens with zero attached hydrogens (tertiary/aromatic N) is 10. The van der Waals surface area contributed by atoms with E-state index in [0.717, 1.165) is 127 Å². The van der Waals surface area contributed by atoms with Crippen molar-refractivity contribution in [3.8, 4) is 11.6 Å². The molecule has 2 aromatic carbocycles. The number of likely N-dealkylation sites (tertiary alicyclic amines) is 2. The average molecular weight is 995 g/mol. The lowest BCUT2D eigenvalue weighted by molar-refractivity contribution is 0.0486. The van der Waals surface area contributed by atoms with Crippen LogP contribution in [-0.2, 0) is 4.74 Å². The molecule has 372 valence electrons. The van der Waals surface area contributed by atoms with E-state index in [1.54, 1.807) is 42.5 Å². The van der Waals surface area contributed by atoms with Crippen LogP contribution < -0.4 is 15.5 Å². The first-order valence-electron chi connectivity index (χ1n) is 24.6.